The predicted molar refractivity (Wildman–Crippen MR) is 57.1 cm³/mol. The van der Waals surface area contributed by atoms with Gasteiger partial charge in [0.15, 0.2) is 0 Å². The molecule has 1 heteroatoms. The third-order valence-electron chi connectivity index (χ3n) is 1.66. The van der Waals surface area contributed by atoms with Gasteiger partial charge in [0.1, 0.15) is 0 Å². The highest BCUT2D eigenvalue weighted by Crippen LogP contribution is 1.99. The van der Waals surface area contributed by atoms with Gasteiger partial charge in [-0.1, -0.05) is 35.7 Å². The van der Waals surface area contributed by atoms with E-state index in [4.69, 9.17) is 0 Å². The minimum Gasteiger partial charge on any atom is -0.280 e. The van der Waals surface area contributed by atoms with Crippen LogP contribution < -0.4 is 0 Å². The Morgan fingerprint density at radius 1 is 1.31 bits per heavy atom. The lowest BCUT2D eigenvalue weighted by Crippen LogP contribution is -1.82. The summed E-state index contributed by atoms with van der Waals surface area (Å²) in [6.07, 6.45) is 1.85. The fraction of sp³-hybridized carbons (Fsp3) is 0.250. The first-order valence-corrected chi connectivity index (χ1v) is 4.29. The Hall–Kier alpha value is -1.55. The van der Waals surface area contributed by atoms with E-state index < -0.39 is 0 Å². The Morgan fingerprint density at radius 3 is 2.62 bits per heavy atom. The van der Waals surface area contributed by atoms with Crippen LogP contribution in [0.4, 0.5) is 0 Å². The van der Waals surface area contributed by atoms with E-state index in [9.17, 15) is 0 Å². The van der Waals surface area contributed by atoms with Crippen LogP contribution in [0.1, 0.15) is 18.1 Å². The van der Waals surface area contributed by atoms with Gasteiger partial charge in [-0.3, -0.25) is 4.99 Å². The molecule has 1 rings (SSSR count). The van der Waals surface area contributed by atoms with Crippen molar-refractivity contribution in [3.05, 3.63) is 35.4 Å². The molecule has 0 radical (unpaired) electrons. The maximum atomic E-state index is 4.16. The van der Waals surface area contributed by atoms with Gasteiger partial charge in [0.05, 0.1) is 6.54 Å². The summed E-state index contributed by atoms with van der Waals surface area (Å²) in [4.78, 5) is 4.16. The molecule has 0 aliphatic rings. The van der Waals surface area contributed by atoms with Crippen LogP contribution in [0.2, 0.25) is 0 Å². The van der Waals surface area contributed by atoms with E-state index in [0.717, 1.165) is 5.56 Å². The van der Waals surface area contributed by atoms with E-state index in [-0.39, 0.29) is 0 Å². The molecular formula is C12H13N. The van der Waals surface area contributed by atoms with E-state index in [0.29, 0.717) is 6.54 Å². The van der Waals surface area contributed by atoms with E-state index in [2.05, 4.69) is 48.0 Å². The van der Waals surface area contributed by atoms with Crippen molar-refractivity contribution < 1.29 is 0 Å². The lowest BCUT2D eigenvalue weighted by Gasteiger charge is -1.92. The molecule has 0 atom stereocenters. The van der Waals surface area contributed by atoms with Crippen molar-refractivity contribution in [1.82, 2.24) is 0 Å². The summed E-state index contributed by atoms with van der Waals surface area (Å²) in [5.74, 6) is 5.68. The summed E-state index contributed by atoms with van der Waals surface area (Å²) < 4.78 is 0. The molecule has 1 aromatic carbocycles. The fourth-order valence-electron chi connectivity index (χ4n) is 0.928. The zero-order valence-electron chi connectivity index (χ0n) is 8.04. The highest BCUT2D eigenvalue weighted by atomic mass is 14.7. The summed E-state index contributed by atoms with van der Waals surface area (Å²) in [5, 5.41) is 0. The molecule has 0 bridgehead atoms. The molecule has 0 aliphatic carbocycles. The first-order valence-electron chi connectivity index (χ1n) is 4.29. The smallest absolute Gasteiger partial charge is 0.0997 e. The largest absolute Gasteiger partial charge is 0.280 e. The molecule has 66 valence electrons. The maximum Gasteiger partial charge on any atom is 0.0997 e. The van der Waals surface area contributed by atoms with E-state index >= 15 is 0 Å². The Labute approximate surface area is 79.5 Å². The van der Waals surface area contributed by atoms with Crippen molar-refractivity contribution in [1.29, 1.82) is 0 Å². The molecule has 0 saturated heterocycles. The molecule has 0 heterocycles. The number of benzene rings is 1. The molecule has 0 spiro atoms. The number of rotatable bonds is 2. The molecule has 0 fully saturated rings. The normalized spacial score (nSPS) is 9.69. The third kappa shape index (κ3) is 3.57. The molecule has 0 amide bonds. The van der Waals surface area contributed by atoms with Crippen LogP contribution in [0.3, 0.4) is 0 Å². The predicted octanol–water partition coefficient (Wildman–Crippen LogP) is 2.44. The van der Waals surface area contributed by atoms with Crippen molar-refractivity contribution in [3.8, 4) is 11.8 Å². The topological polar surface area (TPSA) is 12.4 Å². The van der Waals surface area contributed by atoms with Gasteiger partial charge < -0.3 is 0 Å². The van der Waals surface area contributed by atoms with Crippen LogP contribution in [0.15, 0.2) is 29.3 Å². The highest BCUT2D eigenvalue weighted by molar-refractivity contribution is 5.79. The monoisotopic (exact) mass is 171 g/mol. The Morgan fingerprint density at radius 2 is 2.00 bits per heavy atom. The number of hydrogen-bond donors (Lipinski definition) is 0. The van der Waals surface area contributed by atoms with Gasteiger partial charge >= 0.3 is 0 Å². The summed E-state index contributed by atoms with van der Waals surface area (Å²) >= 11 is 0. The molecule has 0 saturated carbocycles. The van der Waals surface area contributed by atoms with Crippen LogP contribution in [0, 0.1) is 18.8 Å². The first kappa shape index (κ1) is 9.54. The minimum absolute atomic E-state index is 0.588. The summed E-state index contributed by atoms with van der Waals surface area (Å²) in [7, 11) is 0. The van der Waals surface area contributed by atoms with E-state index in [1.807, 2.05) is 13.1 Å². The van der Waals surface area contributed by atoms with Crippen LogP contribution in [-0.2, 0) is 0 Å². The lowest BCUT2D eigenvalue weighted by atomic mass is 10.2. The van der Waals surface area contributed by atoms with Gasteiger partial charge in [0.25, 0.3) is 0 Å². The average molecular weight is 171 g/mol. The summed E-state index contributed by atoms with van der Waals surface area (Å²) in [5.41, 5.74) is 2.40. The minimum atomic E-state index is 0.588. The number of hydrogen-bond acceptors (Lipinski definition) is 1. The molecule has 0 aromatic heterocycles. The lowest BCUT2D eigenvalue weighted by molar-refractivity contribution is 1.30. The van der Waals surface area contributed by atoms with Gasteiger partial charge in [-0.2, -0.15) is 0 Å². The van der Waals surface area contributed by atoms with Crippen LogP contribution in [0.25, 0.3) is 0 Å². The van der Waals surface area contributed by atoms with Crippen LogP contribution >= 0.6 is 0 Å². The molecular weight excluding hydrogens is 158 g/mol. The van der Waals surface area contributed by atoms with Gasteiger partial charge in [0, 0.05) is 6.21 Å². The summed E-state index contributed by atoms with van der Waals surface area (Å²) in [6.45, 7) is 4.48. The Bertz CT molecular complexity index is 336. The molecule has 1 aromatic rings. The Kier molecular flexibility index (Phi) is 3.78. The maximum absolute atomic E-state index is 4.16. The van der Waals surface area contributed by atoms with E-state index in [1.165, 1.54) is 5.56 Å². The SMILES string of the molecule is CC#CC/N=C/c1ccc(C)cc1. The summed E-state index contributed by atoms with van der Waals surface area (Å²) in [6, 6.07) is 8.26. The van der Waals surface area contributed by atoms with Gasteiger partial charge in [-0.15, -0.1) is 5.92 Å². The molecule has 13 heavy (non-hydrogen) atoms. The van der Waals surface area contributed by atoms with Crippen LogP contribution in [-0.4, -0.2) is 12.8 Å². The van der Waals surface area contributed by atoms with Gasteiger partial charge in [0.2, 0.25) is 0 Å². The number of aryl methyl sites for hydroxylation is 1. The fourth-order valence-corrected chi connectivity index (χ4v) is 0.928. The molecule has 1 nitrogen and oxygen atoms in total. The molecule has 0 aliphatic heterocycles. The van der Waals surface area contributed by atoms with Crippen molar-refractivity contribution >= 4 is 6.21 Å². The second-order valence-corrected chi connectivity index (χ2v) is 2.81. The average Bonchev–Trinajstić information content (AvgIpc) is 2.15. The van der Waals surface area contributed by atoms with Crippen molar-refractivity contribution in [2.24, 2.45) is 4.99 Å². The second-order valence-electron chi connectivity index (χ2n) is 2.81. The van der Waals surface area contributed by atoms with Crippen molar-refractivity contribution in [2.75, 3.05) is 6.54 Å². The van der Waals surface area contributed by atoms with Gasteiger partial charge in [-0.25, -0.2) is 0 Å². The quantitative estimate of drug-likeness (QED) is 0.478. The number of nitrogens with zero attached hydrogens (tertiary/aromatic N) is 1. The second kappa shape index (κ2) is 5.16. The van der Waals surface area contributed by atoms with Crippen molar-refractivity contribution in [2.45, 2.75) is 13.8 Å². The number of aliphatic imine (C=N–C) groups is 1. The van der Waals surface area contributed by atoms with Gasteiger partial charge in [-0.05, 0) is 19.4 Å². The zero-order valence-corrected chi connectivity index (χ0v) is 8.04. The van der Waals surface area contributed by atoms with Crippen molar-refractivity contribution in [3.63, 3.8) is 0 Å². The zero-order chi connectivity index (χ0) is 9.52. The highest BCUT2D eigenvalue weighted by Gasteiger charge is 1.85. The standard InChI is InChI=1S/C12H13N/c1-3-4-9-13-10-12-7-5-11(2)6-8-12/h5-8,10H,9H2,1-2H3/b13-10+. The molecule has 0 N–H and O–H groups in total. The third-order valence-corrected chi connectivity index (χ3v) is 1.66. The molecule has 0 unspecified atom stereocenters. The van der Waals surface area contributed by atoms with E-state index in [1.54, 1.807) is 0 Å². The van der Waals surface area contributed by atoms with Crippen LogP contribution in [0.5, 0.6) is 0 Å². The first-order chi connectivity index (χ1) is 6.33. The Balaban J connectivity index is 2.57.